The predicted molar refractivity (Wildman–Crippen MR) is 77.8 cm³/mol. The first-order chi connectivity index (χ1) is 10.3. The monoisotopic (exact) mass is 309 g/mol. The van der Waals surface area contributed by atoms with E-state index in [-0.39, 0.29) is 28.4 Å². The van der Waals surface area contributed by atoms with Crippen molar-refractivity contribution in [3.63, 3.8) is 0 Å². The van der Waals surface area contributed by atoms with E-state index in [9.17, 15) is 19.8 Å². The van der Waals surface area contributed by atoms with Crippen LogP contribution in [-0.2, 0) is 4.79 Å². The number of fused-ring (bicyclic) bond motifs is 1. The van der Waals surface area contributed by atoms with Gasteiger partial charge < -0.3 is 29.8 Å². The number of ether oxygens (including phenoxy) is 1. The smallest absolute Gasteiger partial charge is 0.325 e. The lowest BCUT2D eigenvalue weighted by Gasteiger charge is -2.14. The molecule has 1 aromatic heterocycles. The lowest BCUT2D eigenvalue weighted by molar-refractivity contribution is -0.137. The molecule has 22 heavy (non-hydrogen) atoms. The number of aliphatic carboxylic acids is 1. The summed E-state index contributed by atoms with van der Waals surface area (Å²) in [6.07, 6.45) is 0. The van der Waals surface area contributed by atoms with E-state index in [2.05, 4.69) is 5.32 Å². The van der Waals surface area contributed by atoms with Gasteiger partial charge in [0.15, 0.2) is 11.5 Å². The average Bonchev–Trinajstić information content (AvgIpc) is 2.46. The number of hydrogen-bond donors (Lipinski definition) is 4. The molecule has 0 bridgehead atoms. The van der Waals surface area contributed by atoms with Gasteiger partial charge in [-0.1, -0.05) is 0 Å². The van der Waals surface area contributed by atoms with Gasteiger partial charge in [0, 0.05) is 0 Å². The molecule has 0 radical (unpaired) electrons. The number of rotatable bonds is 4. The second kappa shape index (κ2) is 5.47. The van der Waals surface area contributed by atoms with Crippen LogP contribution in [0.3, 0.4) is 0 Å². The van der Waals surface area contributed by atoms with E-state index in [4.69, 9.17) is 14.3 Å². The van der Waals surface area contributed by atoms with Crippen molar-refractivity contribution in [2.45, 2.75) is 19.9 Å². The van der Waals surface area contributed by atoms with Crippen molar-refractivity contribution in [3.8, 4) is 17.2 Å². The zero-order valence-electron chi connectivity index (χ0n) is 12.1. The first-order valence-electron chi connectivity index (χ1n) is 6.33. The van der Waals surface area contributed by atoms with Crippen molar-refractivity contribution in [2.24, 2.45) is 0 Å². The van der Waals surface area contributed by atoms with Gasteiger partial charge in [-0.2, -0.15) is 0 Å². The molecule has 0 aliphatic rings. The van der Waals surface area contributed by atoms with Gasteiger partial charge in [-0.05, 0) is 25.5 Å². The fraction of sp³-hybridized carbons (Fsp3) is 0.286. The molecule has 0 fully saturated rings. The molecular formula is C14H15NO7. The van der Waals surface area contributed by atoms with E-state index < -0.39 is 23.2 Å². The van der Waals surface area contributed by atoms with Crippen LogP contribution in [-0.4, -0.2) is 34.4 Å². The Labute approximate surface area is 124 Å². The molecule has 0 amide bonds. The fourth-order valence-corrected chi connectivity index (χ4v) is 1.98. The maximum atomic E-state index is 12.3. The topological polar surface area (TPSA) is 129 Å². The molecule has 0 aliphatic heterocycles. The molecule has 1 atom stereocenters. The van der Waals surface area contributed by atoms with Gasteiger partial charge in [-0.25, -0.2) is 0 Å². The van der Waals surface area contributed by atoms with Crippen molar-refractivity contribution < 1.29 is 29.3 Å². The maximum Gasteiger partial charge on any atom is 0.325 e. The summed E-state index contributed by atoms with van der Waals surface area (Å²) in [4.78, 5) is 23.1. The van der Waals surface area contributed by atoms with E-state index in [1.807, 2.05) is 0 Å². The van der Waals surface area contributed by atoms with Crippen molar-refractivity contribution in [3.05, 3.63) is 21.9 Å². The van der Waals surface area contributed by atoms with E-state index in [1.54, 1.807) is 6.92 Å². The number of carbonyl (C=O) groups is 1. The van der Waals surface area contributed by atoms with Gasteiger partial charge in [0.1, 0.15) is 17.0 Å². The summed E-state index contributed by atoms with van der Waals surface area (Å²) in [6.45, 7) is 2.91. The fourth-order valence-electron chi connectivity index (χ4n) is 1.98. The summed E-state index contributed by atoms with van der Waals surface area (Å²) < 4.78 is 10.4. The van der Waals surface area contributed by atoms with Crippen molar-refractivity contribution >= 4 is 22.8 Å². The van der Waals surface area contributed by atoms with Crippen LogP contribution < -0.4 is 15.5 Å². The average molecular weight is 309 g/mol. The summed E-state index contributed by atoms with van der Waals surface area (Å²) in [6, 6.07) is 0.316. The van der Waals surface area contributed by atoms with Gasteiger partial charge >= 0.3 is 5.97 Å². The summed E-state index contributed by atoms with van der Waals surface area (Å²) in [5, 5.41) is 31.0. The standard InChI is InChI=1S/C14H15NO7/c1-5-4-7-8(12(21-3)9(5)16)10(17)11(18)13(22-7)15-6(2)14(19)20/h4,6,15-16,18H,1-3H3,(H,19,20)/t6-/m1/s1. The lowest BCUT2D eigenvalue weighted by Crippen LogP contribution is -2.26. The highest BCUT2D eigenvalue weighted by atomic mass is 16.5. The molecule has 2 aromatic rings. The van der Waals surface area contributed by atoms with E-state index in [1.165, 1.54) is 20.1 Å². The number of methoxy groups -OCH3 is 1. The summed E-state index contributed by atoms with van der Waals surface area (Å²) in [5.74, 6) is -2.68. The molecule has 118 valence electrons. The summed E-state index contributed by atoms with van der Waals surface area (Å²) >= 11 is 0. The number of benzene rings is 1. The number of phenols is 1. The number of phenolic OH excluding ortho intramolecular Hbond substituents is 1. The van der Waals surface area contributed by atoms with Crippen LogP contribution in [0.1, 0.15) is 12.5 Å². The molecular weight excluding hydrogens is 294 g/mol. The number of hydrogen-bond acceptors (Lipinski definition) is 7. The van der Waals surface area contributed by atoms with Crippen LogP contribution in [0.25, 0.3) is 11.0 Å². The minimum Gasteiger partial charge on any atom is -0.504 e. The van der Waals surface area contributed by atoms with E-state index in [0.717, 1.165) is 0 Å². The van der Waals surface area contributed by atoms with Crippen LogP contribution >= 0.6 is 0 Å². The van der Waals surface area contributed by atoms with E-state index in [0.29, 0.717) is 5.56 Å². The second-order valence-corrected chi connectivity index (χ2v) is 4.76. The molecule has 2 rings (SSSR count). The van der Waals surface area contributed by atoms with Gasteiger partial charge in [0.25, 0.3) is 0 Å². The van der Waals surface area contributed by atoms with Gasteiger partial charge in [-0.3, -0.25) is 9.59 Å². The van der Waals surface area contributed by atoms with Crippen LogP contribution in [0.15, 0.2) is 15.3 Å². The summed E-state index contributed by atoms with van der Waals surface area (Å²) in [7, 11) is 1.27. The number of anilines is 1. The third-order valence-electron chi connectivity index (χ3n) is 3.20. The van der Waals surface area contributed by atoms with Crippen LogP contribution in [0.4, 0.5) is 5.88 Å². The minimum atomic E-state index is -1.18. The maximum absolute atomic E-state index is 12.3. The second-order valence-electron chi connectivity index (χ2n) is 4.76. The Morgan fingerprint density at radius 2 is 2.00 bits per heavy atom. The van der Waals surface area contributed by atoms with Crippen molar-refractivity contribution in [1.82, 2.24) is 0 Å². The molecule has 4 N–H and O–H groups in total. The molecule has 0 spiro atoms. The molecule has 0 aliphatic carbocycles. The Morgan fingerprint density at radius 1 is 1.36 bits per heavy atom. The molecule has 0 saturated carbocycles. The van der Waals surface area contributed by atoms with Gasteiger partial charge in [0.2, 0.25) is 17.1 Å². The zero-order valence-corrected chi connectivity index (χ0v) is 12.1. The third kappa shape index (κ3) is 2.39. The molecule has 0 saturated heterocycles. The first kappa shape index (κ1) is 15.5. The zero-order chi connectivity index (χ0) is 16.6. The molecule has 1 heterocycles. The van der Waals surface area contributed by atoms with Crippen molar-refractivity contribution in [1.29, 1.82) is 0 Å². The first-order valence-corrected chi connectivity index (χ1v) is 6.33. The molecule has 0 unspecified atom stereocenters. The Hall–Kier alpha value is -2.90. The number of carboxylic acid groups (broad SMARTS) is 1. The molecule has 1 aromatic carbocycles. The SMILES string of the molecule is COc1c(O)c(C)cc2oc(N[C@H](C)C(=O)O)c(O)c(=O)c12. The number of nitrogens with one attached hydrogen (secondary N) is 1. The number of aryl methyl sites for hydroxylation is 1. The minimum absolute atomic E-state index is 0.0510. The Balaban J connectivity index is 2.75. The van der Waals surface area contributed by atoms with Crippen LogP contribution in [0.2, 0.25) is 0 Å². The quantitative estimate of drug-likeness (QED) is 0.667. The third-order valence-corrected chi connectivity index (χ3v) is 3.20. The predicted octanol–water partition coefficient (Wildman–Crippen LogP) is 1.41. The lowest BCUT2D eigenvalue weighted by atomic mass is 10.1. The highest BCUT2D eigenvalue weighted by Gasteiger charge is 2.22. The van der Waals surface area contributed by atoms with Crippen LogP contribution in [0.5, 0.6) is 17.2 Å². The Bertz CT molecular complexity index is 809. The summed E-state index contributed by atoms with van der Waals surface area (Å²) in [5.41, 5.74) is -0.390. The van der Waals surface area contributed by atoms with Gasteiger partial charge in [0.05, 0.1) is 7.11 Å². The molecule has 8 nitrogen and oxygen atoms in total. The van der Waals surface area contributed by atoms with Gasteiger partial charge in [-0.15, -0.1) is 0 Å². The largest absolute Gasteiger partial charge is 0.504 e. The molecule has 8 heteroatoms. The normalized spacial score (nSPS) is 12.1. The number of carboxylic acids is 1. The Kier molecular flexibility index (Phi) is 3.85. The Morgan fingerprint density at radius 3 is 2.55 bits per heavy atom. The highest BCUT2D eigenvalue weighted by molar-refractivity contribution is 5.90. The van der Waals surface area contributed by atoms with Crippen LogP contribution in [0, 0.1) is 6.92 Å². The highest BCUT2D eigenvalue weighted by Crippen LogP contribution is 2.38. The van der Waals surface area contributed by atoms with Crippen molar-refractivity contribution in [2.75, 3.05) is 12.4 Å². The number of aromatic hydroxyl groups is 2. The van der Waals surface area contributed by atoms with E-state index >= 15 is 0 Å².